The van der Waals surface area contributed by atoms with Crippen LogP contribution in [-0.4, -0.2) is 11.9 Å². The molecule has 3 rings (SSSR count). The fourth-order valence-corrected chi connectivity index (χ4v) is 4.03. The van der Waals surface area contributed by atoms with Crippen LogP contribution in [0.4, 0.5) is 5.69 Å². The molecule has 0 heterocycles. The van der Waals surface area contributed by atoms with Gasteiger partial charge in [0.15, 0.2) is 0 Å². The number of rotatable bonds is 3. The van der Waals surface area contributed by atoms with Crippen LogP contribution in [0.1, 0.15) is 19.3 Å². The van der Waals surface area contributed by atoms with E-state index in [0.717, 1.165) is 23.7 Å². The Morgan fingerprint density at radius 2 is 1.70 bits per heavy atom. The summed E-state index contributed by atoms with van der Waals surface area (Å²) in [6.07, 6.45) is 2.70. The Labute approximate surface area is 125 Å². The molecule has 2 fully saturated rings. The summed E-state index contributed by atoms with van der Waals surface area (Å²) in [7, 11) is 0. The molecular formula is C15H15BrNO3-. The van der Waals surface area contributed by atoms with Crippen LogP contribution in [0, 0.1) is 23.7 Å². The number of nitrogens with one attached hydrogen (secondary N) is 1. The summed E-state index contributed by atoms with van der Waals surface area (Å²) < 4.78 is 0.933. The van der Waals surface area contributed by atoms with Gasteiger partial charge in [-0.1, -0.05) is 15.9 Å². The average molecular weight is 337 g/mol. The predicted octanol–water partition coefficient (Wildman–Crippen LogP) is 1.80. The first-order valence-corrected chi connectivity index (χ1v) is 7.63. The molecule has 1 N–H and O–H groups in total. The first kappa shape index (κ1) is 13.6. The molecule has 5 heteroatoms. The smallest absolute Gasteiger partial charge is 0.228 e. The maximum atomic E-state index is 12.4. The molecule has 2 saturated carbocycles. The molecule has 0 saturated heterocycles. The van der Waals surface area contributed by atoms with Gasteiger partial charge in [0.05, 0.1) is 0 Å². The first-order valence-electron chi connectivity index (χ1n) is 6.83. The zero-order valence-electron chi connectivity index (χ0n) is 10.8. The van der Waals surface area contributed by atoms with Crippen molar-refractivity contribution in [3.05, 3.63) is 28.7 Å². The number of halogens is 1. The maximum Gasteiger partial charge on any atom is 0.228 e. The number of anilines is 1. The topological polar surface area (TPSA) is 69.2 Å². The van der Waals surface area contributed by atoms with Gasteiger partial charge in [0.2, 0.25) is 5.91 Å². The van der Waals surface area contributed by atoms with Crippen LogP contribution in [0.25, 0.3) is 0 Å². The van der Waals surface area contributed by atoms with Crippen LogP contribution in [0.2, 0.25) is 0 Å². The number of carboxylic acid groups (broad SMARTS) is 1. The lowest BCUT2D eigenvalue weighted by molar-refractivity contribution is -0.314. The molecule has 1 amide bonds. The van der Waals surface area contributed by atoms with Gasteiger partial charge >= 0.3 is 0 Å². The number of amides is 1. The number of hydrogen-bond donors (Lipinski definition) is 1. The van der Waals surface area contributed by atoms with Crippen LogP contribution in [0.3, 0.4) is 0 Å². The van der Waals surface area contributed by atoms with E-state index < -0.39 is 17.8 Å². The van der Waals surface area contributed by atoms with E-state index in [2.05, 4.69) is 21.2 Å². The fraction of sp³-hybridized carbons (Fsp3) is 0.467. The lowest BCUT2D eigenvalue weighted by Crippen LogP contribution is -2.43. The molecule has 106 valence electrons. The van der Waals surface area contributed by atoms with Crippen molar-refractivity contribution in [2.75, 3.05) is 5.32 Å². The second-order valence-corrected chi connectivity index (χ2v) is 6.62. The molecule has 0 aromatic heterocycles. The molecule has 4 atom stereocenters. The third kappa shape index (κ3) is 2.35. The van der Waals surface area contributed by atoms with E-state index in [1.165, 1.54) is 0 Å². The number of carbonyl (C=O) groups excluding carboxylic acids is 2. The molecular weight excluding hydrogens is 322 g/mol. The van der Waals surface area contributed by atoms with Crippen LogP contribution < -0.4 is 10.4 Å². The van der Waals surface area contributed by atoms with Crippen molar-refractivity contribution in [2.24, 2.45) is 23.7 Å². The summed E-state index contributed by atoms with van der Waals surface area (Å²) in [5.41, 5.74) is 0.693. The Balaban J connectivity index is 1.76. The van der Waals surface area contributed by atoms with E-state index >= 15 is 0 Å². The summed E-state index contributed by atoms with van der Waals surface area (Å²) in [4.78, 5) is 23.7. The van der Waals surface area contributed by atoms with Crippen LogP contribution in [0.5, 0.6) is 0 Å². The van der Waals surface area contributed by atoms with Gasteiger partial charge in [-0.3, -0.25) is 4.79 Å². The minimum absolute atomic E-state index is 0.116. The SMILES string of the molecule is O=C([O-])[C@H]1[C@H]2CC[C@@H](C2)[C@@H]1C(=O)Nc1ccc(Br)cc1. The number of hydrogen-bond acceptors (Lipinski definition) is 3. The highest BCUT2D eigenvalue weighted by atomic mass is 79.9. The molecule has 2 bridgehead atoms. The zero-order chi connectivity index (χ0) is 14.3. The van der Waals surface area contributed by atoms with Gasteiger partial charge < -0.3 is 15.2 Å². The molecule has 1 aromatic carbocycles. The van der Waals surface area contributed by atoms with Gasteiger partial charge in [-0.15, -0.1) is 0 Å². The molecule has 0 aliphatic heterocycles. The minimum Gasteiger partial charge on any atom is -0.550 e. The number of carbonyl (C=O) groups is 2. The quantitative estimate of drug-likeness (QED) is 0.914. The normalized spacial score (nSPS) is 31.2. The van der Waals surface area contributed by atoms with Crippen molar-refractivity contribution in [1.29, 1.82) is 0 Å². The van der Waals surface area contributed by atoms with Crippen molar-refractivity contribution in [2.45, 2.75) is 19.3 Å². The fourth-order valence-electron chi connectivity index (χ4n) is 3.77. The third-order valence-electron chi connectivity index (χ3n) is 4.60. The molecule has 20 heavy (non-hydrogen) atoms. The van der Waals surface area contributed by atoms with E-state index in [1.54, 1.807) is 12.1 Å². The number of carboxylic acids is 1. The number of aliphatic carboxylic acids is 1. The van der Waals surface area contributed by atoms with Crippen molar-refractivity contribution < 1.29 is 14.7 Å². The van der Waals surface area contributed by atoms with E-state index in [-0.39, 0.29) is 17.7 Å². The predicted molar refractivity (Wildman–Crippen MR) is 75.6 cm³/mol. The maximum absolute atomic E-state index is 12.4. The lowest BCUT2D eigenvalue weighted by atomic mass is 9.78. The van der Waals surface area contributed by atoms with Gasteiger partial charge in [-0.05, 0) is 55.4 Å². The van der Waals surface area contributed by atoms with Crippen molar-refractivity contribution in [1.82, 2.24) is 0 Å². The molecule has 2 aliphatic rings. The largest absolute Gasteiger partial charge is 0.550 e. The lowest BCUT2D eigenvalue weighted by Gasteiger charge is -2.30. The number of fused-ring (bicyclic) bond motifs is 2. The van der Waals surface area contributed by atoms with Crippen molar-refractivity contribution in [3.8, 4) is 0 Å². The van der Waals surface area contributed by atoms with Gasteiger partial charge in [-0.2, -0.15) is 0 Å². The second-order valence-electron chi connectivity index (χ2n) is 5.70. The number of benzene rings is 1. The first-order chi connectivity index (χ1) is 9.56. The minimum atomic E-state index is -1.08. The Kier molecular flexibility index (Phi) is 3.54. The van der Waals surface area contributed by atoms with Crippen LogP contribution >= 0.6 is 15.9 Å². The molecule has 0 spiro atoms. The van der Waals surface area contributed by atoms with Gasteiger partial charge in [-0.25, -0.2) is 0 Å². The Morgan fingerprint density at radius 3 is 2.30 bits per heavy atom. The van der Waals surface area contributed by atoms with E-state index in [1.807, 2.05) is 12.1 Å². The molecule has 0 radical (unpaired) electrons. The van der Waals surface area contributed by atoms with Crippen LogP contribution in [0.15, 0.2) is 28.7 Å². The summed E-state index contributed by atoms with van der Waals surface area (Å²) >= 11 is 3.33. The monoisotopic (exact) mass is 336 g/mol. The summed E-state index contributed by atoms with van der Waals surface area (Å²) in [6, 6.07) is 7.27. The summed E-state index contributed by atoms with van der Waals surface area (Å²) in [5.74, 6) is -2.02. The van der Waals surface area contributed by atoms with Gasteiger partial charge in [0.1, 0.15) is 0 Å². The zero-order valence-corrected chi connectivity index (χ0v) is 12.4. The standard InChI is InChI=1S/C15H16BrNO3/c16-10-3-5-11(6-4-10)17-14(18)12-8-1-2-9(7-8)13(12)15(19)20/h3-6,8-9,12-13H,1-2,7H2,(H,17,18)(H,19,20)/p-1/t8-,9-,12-,13-/m0/s1. The summed E-state index contributed by atoms with van der Waals surface area (Å²) in [5, 5.41) is 14.1. The van der Waals surface area contributed by atoms with E-state index in [0.29, 0.717) is 5.69 Å². The third-order valence-corrected chi connectivity index (χ3v) is 5.13. The average Bonchev–Trinajstić information content (AvgIpc) is 3.01. The molecule has 0 unspecified atom stereocenters. The second kappa shape index (κ2) is 5.20. The van der Waals surface area contributed by atoms with Crippen molar-refractivity contribution in [3.63, 3.8) is 0 Å². The van der Waals surface area contributed by atoms with Crippen LogP contribution in [-0.2, 0) is 9.59 Å². The summed E-state index contributed by atoms with van der Waals surface area (Å²) in [6.45, 7) is 0. The highest BCUT2D eigenvalue weighted by molar-refractivity contribution is 9.10. The van der Waals surface area contributed by atoms with Gasteiger partial charge in [0, 0.05) is 28.0 Å². The molecule has 1 aromatic rings. The highest BCUT2D eigenvalue weighted by Gasteiger charge is 2.51. The molecule has 2 aliphatic carbocycles. The van der Waals surface area contributed by atoms with E-state index in [4.69, 9.17) is 0 Å². The molecule has 4 nitrogen and oxygen atoms in total. The van der Waals surface area contributed by atoms with Gasteiger partial charge in [0.25, 0.3) is 0 Å². The van der Waals surface area contributed by atoms with Crippen molar-refractivity contribution >= 4 is 33.5 Å². The Morgan fingerprint density at radius 1 is 1.10 bits per heavy atom. The van der Waals surface area contributed by atoms with E-state index in [9.17, 15) is 14.7 Å². The highest BCUT2D eigenvalue weighted by Crippen LogP contribution is 2.52. The Hall–Kier alpha value is -1.36. The Bertz CT molecular complexity index is 543.